The van der Waals surface area contributed by atoms with Crippen molar-refractivity contribution in [1.29, 1.82) is 0 Å². The Hall–Kier alpha value is -1.45. The molecule has 2 rings (SSSR count). The third kappa shape index (κ3) is 1.60. The highest BCUT2D eigenvalue weighted by Crippen LogP contribution is 2.38. The number of rotatable bonds is 2. The number of aromatic nitrogens is 2. The van der Waals surface area contributed by atoms with Crippen LogP contribution >= 0.6 is 0 Å². The lowest BCUT2D eigenvalue weighted by Gasteiger charge is -2.13. The highest BCUT2D eigenvalue weighted by atomic mass is 16.4. The number of carboxylic acids is 1. The Morgan fingerprint density at radius 2 is 2.29 bits per heavy atom. The molecule has 0 aromatic carbocycles. The van der Waals surface area contributed by atoms with Crippen LogP contribution in [-0.2, 0) is 4.79 Å². The van der Waals surface area contributed by atoms with E-state index in [0.29, 0.717) is 0 Å². The second-order valence-electron chi connectivity index (χ2n) is 3.61. The molecule has 14 heavy (non-hydrogen) atoms. The van der Waals surface area contributed by atoms with Crippen molar-refractivity contribution in [3.05, 3.63) is 24.3 Å². The molecule has 1 heterocycles. The van der Waals surface area contributed by atoms with Gasteiger partial charge >= 0.3 is 5.97 Å². The summed E-state index contributed by atoms with van der Waals surface area (Å²) in [5, 5.41) is 9.00. The lowest BCUT2D eigenvalue weighted by atomic mass is 9.93. The number of hydrogen-bond acceptors (Lipinski definition) is 3. The molecule has 1 fully saturated rings. The van der Waals surface area contributed by atoms with Gasteiger partial charge in [-0.1, -0.05) is 6.42 Å². The zero-order valence-electron chi connectivity index (χ0n) is 7.76. The Kier molecular flexibility index (Phi) is 2.43. The van der Waals surface area contributed by atoms with Crippen LogP contribution in [0, 0.1) is 5.92 Å². The fourth-order valence-corrected chi connectivity index (χ4v) is 2.11. The van der Waals surface area contributed by atoms with Crippen LogP contribution in [0.4, 0.5) is 0 Å². The summed E-state index contributed by atoms with van der Waals surface area (Å²) in [7, 11) is 0. The number of carboxylic acid groups (broad SMARTS) is 1. The van der Waals surface area contributed by atoms with Crippen LogP contribution in [-0.4, -0.2) is 21.0 Å². The zero-order chi connectivity index (χ0) is 9.97. The van der Waals surface area contributed by atoms with Crippen LogP contribution < -0.4 is 0 Å². The molecule has 1 aliphatic carbocycles. The first-order valence-electron chi connectivity index (χ1n) is 4.78. The summed E-state index contributed by atoms with van der Waals surface area (Å²) in [5.41, 5.74) is 0.817. The van der Waals surface area contributed by atoms with Crippen molar-refractivity contribution in [2.45, 2.75) is 25.2 Å². The van der Waals surface area contributed by atoms with Gasteiger partial charge in [-0.25, -0.2) is 0 Å². The normalized spacial score (nSPS) is 26.3. The highest BCUT2D eigenvalue weighted by molar-refractivity contribution is 5.71. The predicted molar refractivity (Wildman–Crippen MR) is 49.7 cm³/mol. The molecule has 4 heteroatoms. The van der Waals surface area contributed by atoms with E-state index in [9.17, 15) is 4.79 Å². The number of hydrogen-bond donors (Lipinski definition) is 1. The summed E-state index contributed by atoms with van der Waals surface area (Å²) in [6.07, 6.45) is 7.54. The molecule has 74 valence electrons. The summed E-state index contributed by atoms with van der Waals surface area (Å²) < 4.78 is 0. The summed E-state index contributed by atoms with van der Waals surface area (Å²) in [5.74, 6) is -0.925. The molecule has 4 nitrogen and oxygen atoms in total. The molecular weight excluding hydrogens is 180 g/mol. The topological polar surface area (TPSA) is 63.1 Å². The maximum atomic E-state index is 10.9. The first-order chi connectivity index (χ1) is 6.79. The maximum absolute atomic E-state index is 10.9. The minimum atomic E-state index is -0.710. The predicted octanol–water partition coefficient (Wildman–Crippen LogP) is 1.44. The molecule has 0 saturated heterocycles. The van der Waals surface area contributed by atoms with E-state index in [1.807, 2.05) is 0 Å². The second kappa shape index (κ2) is 3.74. The van der Waals surface area contributed by atoms with Crippen molar-refractivity contribution >= 4 is 5.97 Å². The Morgan fingerprint density at radius 3 is 2.93 bits per heavy atom. The first-order valence-corrected chi connectivity index (χ1v) is 4.78. The zero-order valence-corrected chi connectivity index (χ0v) is 7.76. The van der Waals surface area contributed by atoms with Crippen molar-refractivity contribution < 1.29 is 9.90 Å². The summed E-state index contributed by atoms with van der Waals surface area (Å²) in [4.78, 5) is 19.1. The van der Waals surface area contributed by atoms with Crippen LogP contribution in [0.1, 0.15) is 30.9 Å². The van der Waals surface area contributed by atoms with Gasteiger partial charge in [-0.2, -0.15) is 0 Å². The lowest BCUT2D eigenvalue weighted by molar-refractivity contribution is -0.142. The van der Waals surface area contributed by atoms with E-state index >= 15 is 0 Å². The summed E-state index contributed by atoms with van der Waals surface area (Å²) in [6.45, 7) is 0. The molecule has 0 aliphatic heterocycles. The van der Waals surface area contributed by atoms with Crippen LogP contribution in [0.15, 0.2) is 18.6 Å². The Labute approximate surface area is 82.0 Å². The summed E-state index contributed by atoms with van der Waals surface area (Å²) in [6, 6.07) is 0. The van der Waals surface area contributed by atoms with Gasteiger partial charge in [-0.3, -0.25) is 14.8 Å². The van der Waals surface area contributed by atoms with Gasteiger partial charge in [0.2, 0.25) is 0 Å². The van der Waals surface area contributed by atoms with Gasteiger partial charge in [0.15, 0.2) is 0 Å². The Bertz CT molecular complexity index is 326. The Balaban J connectivity index is 2.22. The Morgan fingerprint density at radius 1 is 1.43 bits per heavy atom. The molecule has 1 aromatic heterocycles. The lowest BCUT2D eigenvalue weighted by Crippen LogP contribution is -2.17. The molecular formula is C10H12N2O2. The molecule has 1 saturated carbocycles. The van der Waals surface area contributed by atoms with Gasteiger partial charge in [-0.15, -0.1) is 0 Å². The van der Waals surface area contributed by atoms with Crippen molar-refractivity contribution in [3.63, 3.8) is 0 Å². The number of carbonyl (C=O) groups is 1. The number of nitrogens with zero attached hydrogens (tertiary/aromatic N) is 2. The smallest absolute Gasteiger partial charge is 0.307 e. The minimum Gasteiger partial charge on any atom is -0.481 e. The fourth-order valence-electron chi connectivity index (χ4n) is 2.11. The molecule has 1 N–H and O–H groups in total. The fraction of sp³-hybridized carbons (Fsp3) is 0.500. The average molecular weight is 192 g/mol. The van der Waals surface area contributed by atoms with Crippen LogP contribution in [0.5, 0.6) is 0 Å². The monoisotopic (exact) mass is 192 g/mol. The molecule has 0 amide bonds. The van der Waals surface area contributed by atoms with Crippen LogP contribution in [0.3, 0.4) is 0 Å². The molecule has 2 unspecified atom stereocenters. The molecule has 2 atom stereocenters. The quantitative estimate of drug-likeness (QED) is 0.770. The van der Waals surface area contributed by atoms with E-state index in [-0.39, 0.29) is 11.8 Å². The van der Waals surface area contributed by atoms with E-state index < -0.39 is 5.97 Å². The molecule has 1 aromatic rings. The third-order valence-corrected chi connectivity index (χ3v) is 2.80. The van der Waals surface area contributed by atoms with Gasteiger partial charge < -0.3 is 5.11 Å². The van der Waals surface area contributed by atoms with Crippen LogP contribution in [0.25, 0.3) is 0 Å². The van der Waals surface area contributed by atoms with Gasteiger partial charge in [0.25, 0.3) is 0 Å². The molecule has 0 radical (unpaired) electrons. The van der Waals surface area contributed by atoms with E-state index in [4.69, 9.17) is 5.11 Å². The first kappa shape index (κ1) is 9.12. The van der Waals surface area contributed by atoms with Gasteiger partial charge in [-0.05, 0) is 12.8 Å². The van der Waals surface area contributed by atoms with E-state index in [1.54, 1.807) is 18.6 Å². The highest BCUT2D eigenvalue weighted by Gasteiger charge is 2.34. The standard InChI is InChI=1S/C10H12N2O2/c13-10(14)8-3-1-2-7(8)9-6-11-4-5-12-9/h4-8H,1-3H2,(H,13,14). The van der Waals surface area contributed by atoms with Crippen molar-refractivity contribution in [2.24, 2.45) is 5.92 Å². The molecule has 1 aliphatic rings. The maximum Gasteiger partial charge on any atom is 0.307 e. The molecule has 0 spiro atoms. The average Bonchev–Trinajstić information content (AvgIpc) is 2.67. The van der Waals surface area contributed by atoms with E-state index in [2.05, 4.69) is 9.97 Å². The SMILES string of the molecule is O=C(O)C1CCCC1c1cnccn1. The second-order valence-corrected chi connectivity index (χ2v) is 3.61. The third-order valence-electron chi connectivity index (χ3n) is 2.80. The van der Waals surface area contributed by atoms with Gasteiger partial charge in [0, 0.05) is 24.5 Å². The van der Waals surface area contributed by atoms with Crippen LogP contribution in [0.2, 0.25) is 0 Å². The van der Waals surface area contributed by atoms with Crippen molar-refractivity contribution in [2.75, 3.05) is 0 Å². The largest absolute Gasteiger partial charge is 0.481 e. The van der Waals surface area contributed by atoms with E-state index in [0.717, 1.165) is 25.0 Å². The van der Waals surface area contributed by atoms with Crippen molar-refractivity contribution in [1.82, 2.24) is 9.97 Å². The van der Waals surface area contributed by atoms with E-state index in [1.165, 1.54) is 0 Å². The summed E-state index contributed by atoms with van der Waals surface area (Å²) >= 11 is 0. The van der Waals surface area contributed by atoms with Gasteiger partial charge in [0.05, 0.1) is 11.6 Å². The number of aliphatic carboxylic acids is 1. The van der Waals surface area contributed by atoms with Gasteiger partial charge in [0.1, 0.15) is 0 Å². The minimum absolute atomic E-state index is 0.0567. The van der Waals surface area contributed by atoms with Crippen molar-refractivity contribution in [3.8, 4) is 0 Å². The molecule has 0 bridgehead atoms.